The first-order valence-corrected chi connectivity index (χ1v) is 11.9. The number of nitrogens with zero attached hydrogens (tertiary/aromatic N) is 3. The van der Waals surface area contributed by atoms with Crippen LogP contribution in [0.1, 0.15) is 53.5 Å². The third-order valence-corrected chi connectivity index (χ3v) is 6.20. The second-order valence-electron chi connectivity index (χ2n) is 9.58. The monoisotopic (exact) mass is 583 g/mol. The summed E-state index contributed by atoms with van der Waals surface area (Å²) >= 11 is 11.3. The van der Waals surface area contributed by atoms with E-state index >= 15 is 0 Å². The summed E-state index contributed by atoms with van der Waals surface area (Å²) in [7, 11) is 0. The van der Waals surface area contributed by atoms with Crippen molar-refractivity contribution < 1.29 is 35.5 Å². The summed E-state index contributed by atoms with van der Waals surface area (Å²) in [5, 5.41) is 1.83. The SMILES string of the molecule is CC(C)(C)c1ccc(CN(CCn2cc(Cl)c(C(F)(F)F)n2)C(=O)c2cc(C(F)(F)F)cc(Cl)c2F)cc1. The number of amides is 1. The molecule has 206 valence electrons. The summed E-state index contributed by atoms with van der Waals surface area (Å²) in [5.74, 6) is -2.48. The second-order valence-corrected chi connectivity index (χ2v) is 10.4. The lowest BCUT2D eigenvalue weighted by molar-refractivity contribution is -0.141. The van der Waals surface area contributed by atoms with Crippen LogP contribution in [0.25, 0.3) is 0 Å². The maximum atomic E-state index is 14.7. The quantitative estimate of drug-likeness (QED) is 0.276. The minimum Gasteiger partial charge on any atom is -0.332 e. The van der Waals surface area contributed by atoms with Gasteiger partial charge in [0.25, 0.3) is 5.91 Å². The van der Waals surface area contributed by atoms with Crippen LogP contribution < -0.4 is 0 Å². The fraction of sp³-hybridized carbons (Fsp3) is 0.360. The van der Waals surface area contributed by atoms with Crippen molar-refractivity contribution in [3.63, 3.8) is 0 Å². The average molecular weight is 584 g/mol. The smallest absolute Gasteiger partial charge is 0.332 e. The van der Waals surface area contributed by atoms with Crippen molar-refractivity contribution in [3.8, 4) is 0 Å². The largest absolute Gasteiger partial charge is 0.436 e. The minimum absolute atomic E-state index is 0.179. The minimum atomic E-state index is -4.90. The van der Waals surface area contributed by atoms with E-state index in [1.54, 1.807) is 12.1 Å². The topological polar surface area (TPSA) is 38.1 Å². The summed E-state index contributed by atoms with van der Waals surface area (Å²) < 4.78 is 94.7. The fourth-order valence-corrected chi connectivity index (χ4v) is 4.07. The van der Waals surface area contributed by atoms with Crippen LogP contribution in [0.3, 0.4) is 0 Å². The molecule has 0 N–H and O–H groups in total. The number of carbonyl (C=O) groups excluding carboxylic acids is 1. The van der Waals surface area contributed by atoms with Gasteiger partial charge in [-0.15, -0.1) is 0 Å². The second kappa shape index (κ2) is 10.8. The molecule has 0 aliphatic rings. The summed E-state index contributed by atoms with van der Waals surface area (Å²) in [4.78, 5) is 14.3. The highest BCUT2D eigenvalue weighted by Gasteiger charge is 2.37. The van der Waals surface area contributed by atoms with E-state index in [-0.39, 0.29) is 25.0 Å². The van der Waals surface area contributed by atoms with Gasteiger partial charge < -0.3 is 4.90 Å². The number of benzene rings is 2. The maximum absolute atomic E-state index is 14.7. The van der Waals surface area contributed by atoms with Gasteiger partial charge in [-0.3, -0.25) is 9.48 Å². The predicted octanol–water partition coefficient (Wildman–Crippen LogP) is 8.01. The molecule has 1 heterocycles. The summed E-state index contributed by atoms with van der Waals surface area (Å²) in [6.07, 6.45) is -8.81. The molecule has 0 radical (unpaired) electrons. The number of aromatic nitrogens is 2. The Balaban J connectivity index is 1.97. The molecule has 0 bridgehead atoms. The molecule has 4 nitrogen and oxygen atoms in total. The van der Waals surface area contributed by atoms with Crippen molar-refractivity contribution in [2.75, 3.05) is 6.54 Å². The van der Waals surface area contributed by atoms with E-state index in [0.29, 0.717) is 17.7 Å². The first-order valence-electron chi connectivity index (χ1n) is 11.1. The van der Waals surface area contributed by atoms with Crippen LogP contribution in [-0.4, -0.2) is 27.1 Å². The molecule has 0 saturated heterocycles. The van der Waals surface area contributed by atoms with E-state index in [4.69, 9.17) is 23.2 Å². The predicted molar refractivity (Wildman–Crippen MR) is 129 cm³/mol. The Bertz CT molecular complexity index is 1310. The number of hydrogen-bond donors (Lipinski definition) is 0. The van der Waals surface area contributed by atoms with Crippen molar-refractivity contribution in [2.24, 2.45) is 0 Å². The van der Waals surface area contributed by atoms with Crippen molar-refractivity contribution in [1.29, 1.82) is 0 Å². The molecule has 2 aromatic carbocycles. The molecule has 1 amide bonds. The van der Waals surface area contributed by atoms with Crippen molar-refractivity contribution in [2.45, 2.75) is 51.6 Å². The molecular formula is C25H22Cl2F7N3O. The van der Waals surface area contributed by atoms with Crippen molar-refractivity contribution >= 4 is 29.1 Å². The molecule has 3 aromatic rings. The van der Waals surface area contributed by atoms with Gasteiger partial charge in [0.1, 0.15) is 0 Å². The van der Waals surface area contributed by atoms with Crippen LogP contribution in [0.15, 0.2) is 42.6 Å². The molecule has 0 aliphatic heterocycles. The molecule has 3 rings (SSSR count). The van der Waals surface area contributed by atoms with E-state index in [1.165, 1.54) is 0 Å². The molecule has 1 aromatic heterocycles. The van der Waals surface area contributed by atoms with E-state index in [2.05, 4.69) is 5.10 Å². The molecule has 13 heteroatoms. The summed E-state index contributed by atoms with van der Waals surface area (Å²) in [6.45, 7) is 5.14. The molecule has 0 fully saturated rings. The van der Waals surface area contributed by atoms with Crippen LogP contribution in [0, 0.1) is 5.82 Å². The summed E-state index contributed by atoms with van der Waals surface area (Å²) in [6, 6.07) is 7.73. The van der Waals surface area contributed by atoms with Crippen LogP contribution in [-0.2, 0) is 30.9 Å². The van der Waals surface area contributed by atoms with Crippen LogP contribution >= 0.6 is 23.2 Å². The zero-order valence-electron chi connectivity index (χ0n) is 20.3. The highest BCUT2D eigenvalue weighted by Crippen LogP contribution is 2.35. The standard InChI is InChI=1S/C25H22Cl2F7N3O/c1-23(2,3)15-6-4-14(5-7-15)12-36(8-9-37-13-19(27)21(35-37)25(32,33)34)22(38)17-10-16(24(29,30)31)11-18(26)20(17)28/h4-7,10-11,13H,8-9,12H2,1-3H3. The van der Waals surface area contributed by atoms with E-state index < -0.39 is 50.9 Å². The van der Waals surface area contributed by atoms with Gasteiger partial charge in [0.15, 0.2) is 11.5 Å². The van der Waals surface area contributed by atoms with Crippen LogP contribution in [0.2, 0.25) is 10.0 Å². The maximum Gasteiger partial charge on any atom is 0.436 e. The van der Waals surface area contributed by atoms with Crippen molar-refractivity contribution in [3.05, 3.63) is 86.4 Å². The van der Waals surface area contributed by atoms with Crippen molar-refractivity contribution in [1.82, 2.24) is 14.7 Å². The van der Waals surface area contributed by atoms with E-state index in [0.717, 1.165) is 21.3 Å². The fourth-order valence-electron chi connectivity index (χ4n) is 3.59. The molecule has 0 saturated carbocycles. The normalized spacial score (nSPS) is 12.6. The molecular weight excluding hydrogens is 562 g/mol. The lowest BCUT2D eigenvalue weighted by Crippen LogP contribution is -2.34. The Labute approximate surface area is 223 Å². The zero-order chi connectivity index (χ0) is 28.6. The van der Waals surface area contributed by atoms with Gasteiger partial charge >= 0.3 is 12.4 Å². The third-order valence-electron chi connectivity index (χ3n) is 5.65. The molecule has 0 atom stereocenters. The third kappa shape index (κ3) is 6.99. The first kappa shape index (κ1) is 29.8. The van der Waals surface area contributed by atoms with Gasteiger partial charge in [-0.1, -0.05) is 68.2 Å². The summed E-state index contributed by atoms with van der Waals surface area (Å²) in [5.41, 5.74) is -2.23. The molecule has 0 spiro atoms. The zero-order valence-corrected chi connectivity index (χ0v) is 21.8. The number of carbonyl (C=O) groups is 1. The lowest BCUT2D eigenvalue weighted by atomic mass is 9.87. The van der Waals surface area contributed by atoms with Gasteiger partial charge in [0.2, 0.25) is 0 Å². The van der Waals surface area contributed by atoms with Gasteiger partial charge in [0.05, 0.1) is 27.7 Å². The lowest BCUT2D eigenvalue weighted by Gasteiger charge is -2.25. The average Bonchev–Trinajstić information content (AvgIpc) is 3.18. The first-order chi connectivity index (χ1) is 17.4. The number of rotatable bonds is 6. The highest BCUT2D eigenvalue weighted by molar-refractivity contribution is 6.31. The van der Waals surface area contributed by atoms with Gasteiger partial charge in [-0.05, 0) is 28.7 Å². The van der Waals surface area contributed by atoms with Gasteiger partial charge in [0, 0.05) is 19.3 Å². The Morgan fingerprint density at radius 2 is 1.53 bits per heavy atom. The van der Waals surface area contributed by atoms with Crippen LogP contribution in [0.5, 0.6) is 0 Å². The Morgan fingerprint density at radius 3 is 2.03 bits per heavy atom. The Morgan fingerprint density at radius 1 is 0.921 bits per heavy atom. The van der Waals surface area contributed by atoms with Gasteiger partial charge in [-0.25, -0.2) is 4.39 Å². The van der Waals surface area contributed by atoms with Crippen LogP contribution in [0.4, 0.5) is 30.7 Å². The van der Waals surface area contributed by atoms with Gasteiger partial charge in [-0.2, -0.15) is 31.4 Å². The molecule has 38 heavy (non-hydrogen) atoms. The Kier molecular flexibility index (Phi) is 8.43. The number of halogens is 9. The highest BCUT2D eigenvalue weighted by atomic mass is 35.5. The van der Waals surface area contributed by atoms with E-state index in [9.17, 15) is 35.5 Å². The number of hydrogen-bond acceptors (Lipinski definition) is 2. The number of alkyl halides is 6. The molecule has 0 aliphatic carbocycles. The Hall–Kier alpha value is -2.79. The molecule has 0 unspecified atom stereocenters. The van der Waals surface area contributed by atoms with E-state index in [1.807, 2.05) is 32.9 Å².